The van der Waals surface area contributed by atoms with Crippen LogP contribution < -0.4 is 5.32 Å². The molecule has 1 N–H and O–H groups in total. The summed E-state index contributed by atoms with van der Waals surface area (Å²) in [5, 5.41) is 3.04. The Balaban J connectivity index is 2.31. The van der Waals surface area contributed by atoms with Gasteiger partial charge in [0.1, 0.15) is 16.4 Å². The van der Waals surface area contributed by atoms with Gasteiger partial charge in [-0.25, -0.2) is 8.42 Å². The molecule has 0 aliphatic carbocycles. The molecule has 0 amide bonds. The van der Waals surface area contributed by atoms with Crippen LogP contribution in [0.5, 0.6) is 0 Å². The van der Waals surface area contributed by atoms with E-state index in [2.05, 4.69) is 5.32 Å². The third-order valence-electron chi connectivity index (χ3n) is 2.95. The summed E-state index contributed by atoms with van der Waals surface area (Å²) in [6.07, 6.45) is 1.20. The first-order chi connectivity index (χ1) is 9.78. The second kappa shape index (κ2) is 8.14. The van der Waals surface area contributed by atoms with Crippen LogP contribution in [-0.2, 0) is 26.0 Å². The van der Waals surface area contributed by atoms with Gasteiger partial charge in [0.05, 0.1) is 11.7 Å². The van der Waals surface area contributed by atoms with Crippen LogP contribution in [-0.4, -0.2) is 39.0 Å². The maximum absolute atomic E-state index is 11.8. The van der Waals surface area contributed by atoms with Crippen LogP contribution in [0.2, 0.25) is 0 Å². The highest BCUT2D eigenvalue weighted by molar-refractivity contribution is 7.90. The van der Waals surface area contributed by atoms with Gasteiger partial charge in [-0.05, 0) is 12.5 Å². The van der Waals surface area contributed by atoms with Crippen molar-refractivity contribution >= 4 is 15.8 Å². The lowest BCUT2D eigenvalue weighted by Crippen LogP contribution is -2.37. The van der Waals surface area contributed by atoms with Gasteiger partial charge in [0.25, 0.3) is 0 Å². The Hall–Kier alpha value is -1.40. The molecule has 6 heteroatoms. The summed E-state index contributed by atoms with van der Waals surface area (Å²) in [6.45, 7) is 4.18. The molecule has 0 heterocycles. The van der Waals surface area contributed by atoms with Crippen LogP contribution >= 0.6 is 0 Å². The van der Waals surface area contributed by atoms with E-state index in [0.29, 0.717) is 6.54 Å². The van der Waals surface area contributed by atoms with Crippen molar-refractivity contribution in [3.8, 4) is 0 Å². The minimum absolute atomic E-state index is 0.0543. The summed E-state index contributed by atoms with van der Waals surface area (Å²) in [4.78, 5) is 11.8. The summed E-state index contributed by atoms with van der Waals surface area (Å²) in [5.41, 5.74) is 0.941. The first-order valence-electron chi connectivity index (χ1n) is 6.89. The highest BCUT2D eigenvalue weighted by Crippen LogP contribution is 2.04. The normalized spacial score (nSPS) is 14.4. The second-order valence-electron chi connectivity index (χ2n) is 5.40. The minimum atomic E-state index is -3.02. The predicted octanol–water partition coefficient (Wildman–Crippen LogP) is 1.39. The van der Waals surface area contributed by atoms with Crippen LogP contribution in [0.25, 0.3) is 0 Å². The molecule has 0 saturated carbocycles. The van der Waals surface area contributed by atoms with Gasteiger partial charge in [-0.3, -0.25) is 4.79 Å². The lowest BCUT2D eigenvalue weighted by molar-refractivity contribution is -0.149. The Bertz CT molecular complexity index is 542. The fourth-order valence-electron chi connectivity index (χ4n) is 1.85. The molecule has 0 aromatic heterocycles. The number of rotatable bonds is 8. The molecule has 0 bridgehead atoms. The first kappa shape index (κ1) is 17.7. The van der Waals surface area contributed by atoms with E-state index in [1.807, 2.05) is 30.3 Å². The van der Waals surface area contributed by atoms with Crippen molar-refractivity contribution in [3.63, 3.8) is 0 Å². The van der Waals surface area contributed by atoms with Gasteiger partial charge >= 0.3 is 5.97 Å². The molecule has 1 aromatic rings. The summed E-state index contributed by atoms with van der Waals surface area (Å²) in [6, 6.07) is 9.28. The van der Waals surface area contributed by atoms with Crippen molar-refractivity contribution < 1.29 is 17.9 Å². The number of sulfone groups is 1. The van der Waals surface area contributed by atoms with Crippen molar-refractivity contribution in [1.82, 2.24) is 5.32 Å². The molecule has 21 heavy (non-hydrogen) atoms. The first-order valence-corrected chi connectivity index (χ1v) is 8.95. The smallest absolute Gasteiger partial charge is 0.310 e. The van der Waals surface area contributed by atoms with Crippen molar-refractivity contribution in [3.05, 3.63) is 35.9 Å². The third kappa shape index (κ3) is 7.82. The fraction of sp³-hybridized carbons (Fsp3) is 0.533. The van der Waals surface area contributed by atoms with Crippen molar-refractivity contribution in [2.45, 2.75) is 26.5 Å². The van der Waals surface area contributed by atoms with Crippen LogP contribution in [0.4, 0.5) is 0 Å². The van der Waals surface area contributed by atoms with Gasteiger partial charge in [0.2, 0.25) is 0 Å². The molecule has 2 atom stereocenters. The summed E-state index contributed by atoms with van der Waals surface area (Å²) in [5.74, 6) is -0.563. The zero-order chi connectivity index (χ0) is 15.9. The quantitative estimate of drug-likeness (QED) is 0.734. The van der Waals surface area contributed by atoms with Gasteiger partial charge in [-0.1, -0.05) is 37.3 Å². The van der Waals surface area contributed by atoms with Crippen LogP contribution in [0, 0.1) is 5.92 Å². The number of carbonyl (C=O) groups is 1. The number of nitrogens with one attached hydrogen (secondary N) is 1. The molecule has 0 radical (unpaired) electrons. The van der Waals surface area contributed by atoms with Gasteiger partial charge in [0, 0.05) is 18.8 Å². The lowest BCUT2D eigenvalue weighted by Gasteiger charge is -2.16. The van der Waals surface area contributed by atoms with Gasteiger partial charge in [-0.2, -0.15) is 0 Å². The Morgan fingerprint density at radius 3 is 2.43 bits per heavy atom. The average molecular weight is 313 g/mol. The zero-order valence-electron chi connectivity index (χ0n) is 12.7. The molecule has 118 valence electrons. The van der Waals surface area contributed by atoms with Crippen LogP contribution in [0.15, 0.2) is 30.3 Å². The van der Waals surface area contributed by atoms with E-state index < -0.39 is 9.84 Å². The topological polar surface area (TPSA) is 72.5 Å². The zero-order valence-corrected chi connectivity index (χ0v) is 13.5. The molecule has 2 unspecified atom stereocenters. The molecule has 1 rings (SSSR count). The maximum atomic E-state index is 11.8. The van der Waals surface area contributed by atoms with E-state index >= 15 is 0 Å². The van der Waals surface area contributed by atoms with Crippen molar-refractivity contribution in [2.75, 3.05) is 18.6 Å². The Morgan fingerprint density at radius 2 is 1.86 bits per heavy atom. The van der Waals surface area contributed by atoms with Crippen molar-refractivity contribution in [1.29, 1.82) is 0 Å². The summed E-state index contributed by atoms with van der Waals surface area (Å²) >= 11 is 0. The van der Waals surface area contributed by atoms with E-state index in [1.165, 1.54) is 6.26 Å². The highest BCUT2D eigenvalue weighted by Gasteiger charge is 2.17. The Kier molecular flexibility index (Phi) is 6.84. The summed E-state index contributed by atoms with van der Waals surface area (Å²) < 4.78 is 27.5. The Labute approximate surface area is 126 Å². The predicted molar refractivity (Wildman–Crippen MR) is 82.6 cm³/mol. The highest BCUT2D eigenvalue weighted by atomic mass is 32.2. The summed E-state index contributed by atoms with van der Waals surface area (Å²) in [7, 11) is -3.02. The molecule has 0 aliphatic heterocycles. The number of esters is 1. The average Bonchev–Trinajstić information content (AvgIpc) is 2.41. The molecular formula is C15H23NO4S. The number of ether oxygens (including phenoxy) is 1. The second-order valence-corrected chi connectivity index (χ2v) is 7.58. The number of carbonyl (C=O) groups excluding carboxylic acids is 1. The molecule has 0 fully saturated rings. The minimum Gasteiger partial charge on any atom is -0.461 e. The number of hydrogen-bond donors (Lipinski definition) is 1. The molecule has 1 aromatic carbocycles. The van der Waals surface area contributed by atoms with Gasteiger partial charge in [0.15, 0.2) is 0 Å². The van der Waals surface area contributed by atoms with E-state index in [9.17, 15) is 13.2 Å². The van der Waals surface area contributed by atoms with Gasteiger partial charge in [-0.15, -0.1) is 0 Å². The number of hydrogen-bond acceptors (Lipinski definition) is 5. The molecule has 0 spiro atoms. The SMILES string of the molecule is CC(CS(C)(=O)=O)NCC(C)C(=O)OCc1ccccc1. The lowest BCUT2D eigenvalue weighted by atomic mass is 10.1. The van der Waals surface area contributed by atoms with Crippen LogP contribution in [0.1, 0.15) is 19.4 Å². The molecular weight excluding hydrogens is 290 g/mol. The van der Waals surface area contributed by atoms with Crippen molar-refractivity contribution in [2.24, 2.45) is 5.92 Å². The van der Waals surface area contributed by atoms with Crippen LogP contribution in [0.3, 0.4) is 0 Å². The van der Waals surface area contributed by atoms with Gasteiger partial charge < -0.3 is 10.1 Å². The van der Waals surface area contributed by atoms with E-state index in [4.69, 9.17) is 4.74 Å². The monoisotopic (exact) mass is 313 g/mol. The van der Waals surface area contributed by atoms with E-state index in [1.54, 1.807) is 13.8 Å². The fourth-order valence-corrected chi connectivity index (χ4v) is 2.87. The molecule has 0 aliphatic rings. The third-order valence-corrected chi connectivity index (χ3v) is 4.06. The maximum Gasteiger partial charge on any atom is 0.310 e. The van der Waals surface area contributed by atoms with E-state index in [-0.39, 0.29) is 30.3 Å². The largest absolute Gasteiger partial charge is 0.461 e. The molecule has 0 saturated heterocycles. The standard InChI is InChI=1S/C15H23NO4S/c1-12(9-16-13(2)11-21(3,18)19)15(17)20-10-14-7-5-4-6-8-14/h4-8,12-13,16H,9-11H2,1-3H3. The Morgan fingerprint density at radius 1 is 1.24 bits per heavy atom. The van der Waals surface area contributed by atoms with E-state index in [0.717, 1.165) is 5.56 Å². The molecule has 5 nitrogen and oxygen atoms in total. The number of benzene rings is 1.